The lowest BCUT2D eigenvalue weighted by Crippen LogP contribution is -2.57. The van der Waals surface area contributed by atoms with Crippen molar-refractivity contribution in [3.8, 4) is 0 Å². The summed E-state index contributed by atoms with van der Waals surface area (Å²) in [5.41, 5.74) is 3.86. The molecule has 1 heterocycles. The second-order valence-electron chi connectivity index (χ2n) is 16.5. The van der Waals surface area contributed by atoms with Gasteiger partial charge in [0.1, 0.15) is 6.04 Å². The van der Waals surface area contributed by atoms with E-state index < -0.39 is 35.7 Å². The van der Waals surface area contributed by atoms with Gasteiger partial charge in [-0.15, -0.1) is 0 Å². The topological polar surface area (TPSA) is 153 Å². The van der Waals surface area contributed by atoms with E-state index in [2.05, 4.69) is 34.9 Å². The number of carboxylic acid groups (broad SMARTS) is 2. The van der Waals surface area contributed by atoms with Crippen LogP contribution in [0.25, 0.3) is 0 Å². The molecular weight excluding hydrogens is 658 g/mol. The zero-order valence-electron chi connectivity index (χ0n) is 28.9. The van der Waals surface area contributed by atoms with Gasteiger partial charge >= 0.3 is 11.9 Å². The van der Waals surface area contributed by atoms with Gasteiger partial charge < -0.3 is 25.7 Å². The van der Waals surface area contributed by atoms with E-state index in [-0.39, 0.29) is 45.9 Å². The average Bonchev–Trinajstić information content (AvgIpc) is 3.63. The first-order valence-electron chi connectivity index (χ1n) is 18.8. The van der Waals surface area contributed by atoms with Crippen LogP contribution in [-0.4, -0.2) is 63.9 Å². The van der Waals surface area contributed by atoms with Crippen molar-refractivity contribution in [3.63, 3.8) is 0 Å². The Labute approximate surface area is 302 Å². The highest BCUT2D eigenvalue weighted by Crippen LogP contribution is 2.61. The van der Waals surface area contributed by atoms with Gasteiger partial charge in [-0.1, -0.05) is 48.5 Å². The van der Waals surface area contributed by atoms with E-state index >= 15 is 4.79 Å². The molecule has 7 aliphatic carbocycles. The number of aromatic carboxylic acids is 2. The molecular formula is C42H43N3O7. The molecule has 3 aromatic carbocycles. The van der Waals surface area contributed by atoms with Gasteiger partial charge in [0.2, 0.25) is 17.7 Å². The van der Waals surface area contributed by atoms with E-state index in [1.165, 1.54) is 50.7 Å². The number of rotatable bonds is 8. The van der Waals surface area contributed by atoms with Crippen molar-refractivity contribution in [1.82, 2.24) is 10.2 Å². The zero-order chi connectivity index (χ0) is 35.9. The summed E-state index contributed by atoms with van der Waals surface area (Å²) in [6, 6.07) is 18.9. The number of nitrogens with zero attached hydrogens (tertiary/aromatic N) is 1. The number of carbonyl (C=O) groups is 5. The Morgan fingerprint density at radius 3 is 1.69 bits per heavy atom. The smallest absolute Gasteiger partial charge is 0.335 e. The Balaban J connectivity index is 1.04. The molecule has 11 rings (SSSR count). The first-order chi connectivity index (χ1) is 25.1. The first-order valence-corrected chi connectivity index (χ1v) is 18.8. The average molecular weight is 702 g/mol. The van der Waals surface area contributed by atoms with Crippen LogP contribution in [-0.2, 0) is 14.4 Å². The molecule has 8 aliphatic rings. The van der Waals surface area contributed by atoms with Crippen LogP contribution in [0, 0.1) is 35.0 Å². The minimum atomic E-state index is -1.32. The number of hydrogen-bond acceptors (Lipinski definition) is 5. The maximum Gasteiger partial charge on any atom is 0.335 e. The van der Waals surface area contributed by atoms with Gasteiger partial charge in [0.15, 0.2) is 0 Å². The van der Waals surface area contributed by atoms with Gasteiger partial charge in [-0.3, -0.25) is 14.4 Å². The number of carboxylic acids is 2. The van der Waals surface area contributed by atoms with Crippen LogP contribution in [0.4, 0.5) is 5.69 Å². The summed E-state index contributed by atoms with van der Waals surface area (Å²) in [4.78, 5) is 68.8. The predicted octanol–water partition coefficient (Wildman–Crippen LogP) is 5.87. The molecule has 6 bridgehead atoms. The molecule has 3 aromatic rings. The quantitative estimate of drug-likeness (QED) is 0.229. The van der Waals surface area contributed by atoms with Crippen molar-refractivity contribution >= 4 is 35.3 Å². The molecule has 5 fully saturated rings. The molecule has 1 saturated heterocycles. The van der Waals surface area contributed by atoms with Gasteiger partial charge in [-0.25, -0.2) is 9.59 Å². The number of fused-ring (bicyclic) bond motifs is 1. The molecule has 1 aliphatic heterocycles. The van der Waals surface area contributed by atoms with E-state index in [0.29, 0.717) is 25.9 Å². The second-order valence-corrected chi connectivity index (χ2v) is 16.5. The number of carbonyl (C=O) groups excluding carboxylic acids is 3. The van der Waals surface area contributed by atoms with Gasteiger partial charge in [-0.2, -0.15) is 0 Å². The van der Waals surface area contributed by atoms with Crippen LogP contribution in [0.3, 0.4) is 0 Å². The Morgan fingerprint density at radius 1 is 0.692 bits per heavy atom. The van der Waals surface area contributed by atoms with E-state index in [1.807, 2.05) is 24.3 Å². The van der Waals surface area contributed by atoms with E-state index in [4.69, 9.17) is 0 Å². The fraction of sp³-hybridized carbons (Fsp3) is 0.452. The Hall–Kier alpha value is -4.99. The number of likely N-dealkylation sites (tertiary alicyclic amines) is 1. The normalized spacial score (nSPS) is 31.8. The summed E-state index contributed by atoms with van der Waals surface area (Å²) in [7, 11) is 0. The molecule has 2 unspecified atom stereocenters. The lowest BCUT2D eigenvalue weighted by Gasteiger charge is -2.57. The van der Waals surface area contributed by atoms with Crippen molar-refractivity contribution < 1.29 is 34.2 Å². The Kier molecular flexibility index (Phi) is 7.79. The molecule has 0 radical (unpaired) electrons. The fourth-order valence-electron chi connectivity index (χ4n) is 11.9. The van der Waals surface area contributed by atoms with Gasteiger partial charge in [0.25, 0.3) is 0 Å². The summed E-state index contributed by atoms with van der Waals surface area (Å²) in [5.74, 6) is -3.31. The van der Waals surface area contributed by atoms with E-state index in [0.717, 1.165) is 46.1 Å². The highest BCUT2D eigenvalue weighted by Gasteiger charge is 2.57. The zero-order valence-corrected chi connectivity index (χ0v) is 28.9. The summed E-state index contributed by atoms with van der Waals surface area (Å²) < 4.78 is 0. The largest absolute Gasteiger partial charge is 0.478 e. The highest BCUT2D eigenvalue weighted by molar-refractivity contribution is 6.02. The van der Waals surface area contributed by atoms with E-state index in [1.54, 1.807) is 4.90 Å². The van der Waals surface area contributed by atoms with Crippen LogP contribution in [0.5, 0.6) is 0 Å². The predicted molar refractivity (Wildman–Crippen MR) is 191 cm³/mol. The van der Waals surface area contributed by atoms with Crippen LogP contribution >= 0.6 is 0 Å². The third kappa shape index (κ3) is 5.32. The molecule has 0 spiro atoms. The SMILES string of the molecule is O=C(O)c1cc(NC(=O)[C@H]2CCCN2C(=O)C2C3c4ccccc4C(c4ccccc43)C2C(=O)NCC23CC4CC(CC(C4)C2)C3)cc(C(=O)O)c1. The molecule has 52 heavy (non-hydrogen) atoms. The van der Waals surface area contributed by atoms with Crippen molar-refractivity contribution in [2.45, 2.75) is 69.2 Å². The standard InChI is InChI=1S/C42H43N3O7/c46-37(44-27-16-25(40(49)50)15-26(17-27)41(51)52)32-10-5-11-45(32)39(48)36-34-30-8-3-1-6-28(30)33(29-7-2-4-9-31(29)34)35(36)38(47)43-21-42-18-22-12-23(19-42)14-24(13-22)20-42/h1-4,6-9,15-17,22-24,32-36H,5,10-14,18-21H2,(H,43,47)(H,44,46)(H,49,50)(H,51,52)/t22?,23?,24?,32-,33?,34?,35?,36?,42?/m1/s1. The molecule has 3 amide bonds. The van der Waals surface area contributed by atoms with Crippen molar-refractivity contribution in [3.05, 3.63) is 100 Å². The number of nitrogens with one attached hydrogen (secondary N) is 2. The van der Waals surface area contributed by atoms with Crippen molar-refractivity contribution in [2.24, 2.45) is 35.0 Å². The lowest BCUT2D eigenvalue weighted by atomic mass is 9.49. The van der Waals surface area contributed by atoms with Crippen LogP contribution in [0.15, 0.2) is 66.7 Å². The van der Waals surface area contributed by atoms with Gasteiger partial charge in [0, 0.05) is 30.6 Å². The number of amides is 3. The first kappa shape index (κ1) is 32.9. The minimum absolute atomic E-state index is 0.0307. The Bertz CT molecular complexity index is 1910. The van der Waals surface area contributed by atoms with Gasteiger partial charge in [-0.05, 0) is 115 Å². The van der Waals surface area contributed by atoms with Crippen LogP contribution in [0.1, 0.15) is 106 Å². The molecule has 10 heteroatoms. The summed E-state index contributed by atoms with van der Waals surface area (Å²) >= 11 is 0. The molecule has 4 saturated carbocycles. The lowest BCUT2D eigenvalue weighted by molar-refractivity contribution is -0.147. The number of benzene rings is 3. The maximum absolute atomic E-state index is 15.1. The third-order valence-electron chi connectivity index (χ3n) is 13.4. The minimum Gasteiger partial charge on any atom is -0.478 e. The van der Waals surface area contributed by atoms with Crippen LogP contribution < -0.4 is 10.6 Å². The molecule has 10 nitrogen and oxygen atoms in total. The second kappa shape index (κ2) is 12.3. The Morgan fingerprint density at radius 2 is 1.19 bits per heavy atom. The van der Waals surface area contributed by atoms with Crippen molar-refractivity contribution in [2.75, 3.05) is 18.4 Å². The summed E-state index contributed by atoms with van der Waals surface area (Å²) in [5, 5.41) is 25.3. The summed E-state index contributed by atoms with van der Waals surface area (Å²) in [6.45, 7) is 0.973. The number of anilines is 1. The van der Waals surface area contributed by atoms with Gasteiger partial charge in [0.05, 0.1) is 23.0 Å². The maximum atomic E-state index is 15.1. The number of hydrogen-bond donors (Lipinski definition) is 4. The van der Waals surface area contributed by atoms with Crippen molar-refractivity contribution in [1.29, 1.82) is 0 Å². The summed E-state index contributed by atoms with van der Waals surface area (Å²) in [6.07, 6.45) is 8.42. The van der Waals surface area contributed by atoms with E-state index in [9.17, 15) is 29.4 Å². The van der Waals surface area contributed by atoms with Crippen LogP contribution in [0.2, 0.25) is 0 Å². The third-order valence-corrected chi connectivity index (χ3v) is 13.4. The highest BCUT2D eigenvalue weighted by atomic mass is 16.4. The fourth-order valence-corrected chi connectivity index (χ4v) is 11.9. The molecule has 3 atom stereocenters. The monoisotopic (exact) mass is 701 g/mol. The molecule has 4 N–H and O–H groups in total. The molecule has 268 valence electrons. The molecule has 0 aromatic heterocycles.